The number of thioether (sulfide) groups is 1. The summed E-state index contributed by atoms with van der Waals surface area (Å²) >= 11 is 7.87. The van der Waals surface area contributed by atoms with E-state index in [4.69, 9.17) is 30.5 Å². The molecular formula is C28H27ClN4O4S. The number of hydrogen-bond acceptors (Lipinski definition) is 8. The number of anilines is 1. The van der Waals surface area contributed by atoms with Crippen molar-refractivity contribution in [2.75, 3.05) is 25.7 Å². The molecule has 0 saturated heterocycles. The van der Waals surface area contributed by atoms with Gasteiger partial charge in [-0.3, -0.25) is 4.79 Å². The molecule has 5 rings (SSSR count). The molecule has 0 radical (unpaired) electrons. The van der Waals surface area contributed by atoms with Gasteiger partial charge in [0.2, 0.25) is 0 Å². The van der Waals surface area contributed by atoms with E-state index in [0.29, 0.717) is 46.2 Å². The van der Waals surface area contributed by atoms with Crippen LogP contribution in [0.5, 0.6) is 11.5 Å². The first kappa shape index (κ1) is 25.9. The standard InChI is InChI=1S/C28H27ClN4O4S/c1-35-23-12-19-8-9-33(16-21(19)13-24(23)36-2)26-14-25(29)31-28(32-26)38-17-18-5-3-6-20(11-18)27(34)30-15-22-7-4-10-37-22/h3-7,10-14H,8-9,15-17H2,1-2H3,(H,30,34). The van der Waals surface area contributed by atoms with Crippen molar-refractivity contribution in [3.63, 3.8) is 0 Å². The molecule has 0 aliphatic carbocycles. The van der Waals surface area contributed by atoms with Crippen LogP contribution in [0.2, 0.25) is 5.15 Å². The van der Waals surface area contributed by atoms with E-state index in [1.165, 1.54) is 22.9 Å². The van der Waals surface area contributed by atoms with Crippen molar-refractivity contribution < 1.29 is 18.7 Å². The highest BCUT2D eigenvalue weighted by Crippen LogP contribution is 2.35. The number of methoxy groups -OCH3 is 2. The Bertz CT molecular complexity index is 1430. The van der Waals surface area contributed by atoms with E-state index in [-0.39, 0.29) is 5.91 Å². The number of amides is 1. The molecule has 0 atom stereocenters. The van der Waals surface area contributed by atoms with E-state index >= 15 is 0 Å². The van der Waals surface area contributed by atoms with Gasteiger partial charge in [-0.1, -0.05) is 35.5 Å². The number of nitrogens with zero attached hydrogens (tertiary/aromatic N) is 3. The zero-order chi connectivity index (χ0) is 26.5. The van der Waals surface area contributed by atoms with Crippen molar-refractivity contribution in [3.05, 3.63) is 94.0 Å². The molecule has 0 bridgehead atoms. The molecule has 1 aliphatic rings. The summed E-state index contributed by atoms with van der Waals surface area (Å²) in [6, 6.07) is 17.0. The highest BCUT2D eigenvalue weighted by atomic mass is 35.5. The molecule has 2 aromatic carbocycles. The molecule has 1 aliphatic heterocycles. The van der Waals surface area contributed by atoms with E-state index in [1.54, 1.807) is 38.7 Å². The molecule has 4 aromatic rings. The third-order valence-electron chi connectivity index (χ3n) is 6.26. The number of benzene rings is 2. The van der Waals surface area contributed by atoms with Gasteiger partial charge in [0.15, 0.2) is 16.7 Å². The number of hydrogen-bond donors (Lipinski definition) is 1. The first-order chi connectivity index (χ1) is 18.5. The van der Waals surface area contributed by atoms with Crippen molar-refractivity contribution in [3.8, 4) is 11.5 Å². The Hall–Kier alpha value is -3.69. The lowest BCUT2D eigenvalue weighted by Gasteiger charge is -2.30. The maximum Gasteiger partial charge on any atom is 0.251 e. The summed E-state index contributed by atoms with van der Waals surface area (Å²) < 4.78 is 16.2. The fraction of sp³-hybridized carbons (Fsp3) is 0.250. The minimum atomic E-state index is -0.158. The molecule has 2 aromatic heterocycles. The van der Waals surface area contributed by atoms with Gasteiger partial charge >= 0.3 is 0 Å². The molecule has 1 amide bonds. The van der Waals surface area contributed by atoms with Gasteiger partial charge in [-0.05, 0) is 59.5 Å². The van der Waals surface area contributed by atoms with Gasteiger partial charge in [-0.15, -0.1) is 0 Å². The highest BCUT2D eigenvalue weighted by molar-refractivity contribution is 7.98. The van der Waals surface area contributed by atoms with E-state index in [2.05, 4.69) is 15.2 Å². The van der Waals surface area contributed by atoms with Crippen molar-refractivity contribution in [1.82, 2.24) is 15.3 Å². The minimum absolute atomic E-state index is 0.158. The van der Waals surface area contributed by atoms with Gasteiger partial charge in [-0.25, -0.2) is 9.97 Å². The quantitative estimate of drug-likeness (QED) is 0.165. The van der Waals surface area contributed by atoms with Crippen LogP contribution in [0.3, 0.4) is 0 Å². The van der Waals surface area contributed by atoms with Crippen molar-refractivity contribution in [2.45, 2.75) is 30.4 Å². The molecule has 0 fully saturated rings. The van der Waals surface area contributed by atoms with Crippen LogP contribution in [0, 0.1) is 0 Å². The van der Waals surface area contributed by atoms with Crippen molar-refractivity contribution in [2.24, 2.45) is 0 Å². The summed E-state index contributed by atoms with van der Waals surface area (Å²) in [4.78, 5) is 24.0. The number of fused-ring (bicyclic) bond motifs is 1. The molecule has 38 heavy (non-hydrogen) atoms. The normalized spacial score (nSPS) is 12.7. The molecule has 3 heterocycles. The number of halogens is 1. The average molecular weight is 551 g/mol. The average Bonchev–Trinajstić information content (AvgIpc) is 3.47. The van der Waals surface area contributed by atoms with Gasteiger partial charge in [0.25, 0.3) is 5.91 Å². The van der Waals surface area contributed by atoms with Crippen LogP contribution < -0.4 is 19.7 Å². The third kappa shape index (κ3) is 6.06. The second-order valence-electron chi connectivity index (χ2n) is 8.73. The zero-order valence-electron chi connectivity index (χ0n) is 21.1. The number of carbonyl (C=O) groups excluding carboxylic acids is 1. The molecule has 0 unspecified atom stereocenters. The van der Waals surface area contributed by atoms with Gasteiger partial charge < -0.3 is 24.1 Å². The summed E-state index contributed by atoms with van der Waals surface area (Å²) in [5.74, 6) is 3.37. The van der Waals surface area contributed by atoms with Crippen LogP contribution in [-0.4, -0.2) is 36.6 Å². The smallest absolute Gasteiger partial charge is 0.251 e. The predicted octanol–water partition coefficient (Wildman–Crippen LogP) is 5.53. The van der Waals surface area contributed by atoms with Crippen LogP contribution in [-0.2, 0) is 25.3 Å². The first-order valence-corrected chi connectivity index (χ1v) is 13.4. The molecule has 10 heteroatoms. The number of furan rings is 1. The summed E-state index contributed by atoms with van der Waals surface area (Å²) in [5.41, 5.74) is 3.97. The van der Waals surface area contributed by atoms with Crippen LogP contribution in [0.4, 0.5) is 5.82 Å². The number of carbonyl (C=O) groups is 1. The predicted molar refractivity (Wildman–Crippen MR) is 147 cm³/mol. The maximum absolute atomic E-state index is 12.6. The van der Waals surface area contributed by atoms with Crippen LogP contribution in [0.25, 0.3) is 0 Å². The number of nitrogens with one attached hydrogen (secondary N) is 1. The van der Waals surface area contributed by atoms with Crippen molar-refractivity contribution in [1.29, 1.82) is 0 Å². The number of ether oxygens (including phenoxy) is 2. The Morgan fingerprint density at radius 1 is 1.08 bits per heavy atom. The highest BCUT2D eigenvalue weighted by Gasteiger charge is 2.21. The lowest BCUT2D eigenvalue weighted by molar-refractivity contribution is 0.0948. The topological polar surface area (TPSA) is 89.7 Å². The lowest BCUT2D eigenvalue weighted by atomic mass is 9.99. The van der Waals surface area contributed by atoms with Gasteiger partial charge in [0.05, 0.1) is 27.0 Å². The van der Waals surface area contributed by atoms with Crippen LogP contribution in [0.1, 0.15) is 32.8 Å². The van der Waals surface area contributed by atoms with Gasteiger partial charge in [-0.2, -0.15) is 0 Å². The molecule has 196 valence electrons. The van der Waals surface area contributed by atoms with E-state index in [9.17, 15) is 4.79 Å². The molecule has 0 spiro atoms. The van der Waals surface area contributed by atoms with Crippen LogP contribution >= 0.6 is 23.4 Å². The fourth-order valence-electron chi connectivity index (χ4n) is 4.32. The first-order valence-electron chi connectivity index (χ1n) is 12.1. The SMILES string of the molecule is COc1cc2c(cc1OC)CN(c1cc(Cl)nc(SCc3cccc(C(=O)NCc4ccco4)c3)n1)CC2. The summed E-state index contributed by atoms with van der Waals surface area (Å²) in [6.45, 7) is 1.82. The summed E-state index contributed by atoms with van der Waals surface area (Å²) in [6.07, 6.45) is 2.44. The Balaban J connectivity index is 1.25. The maximum atomic E-state index is 12.6. The fourth-order valence-corrected chi connectivity index (χ4v) is 5.35. The lowest BCUT2D eigenvalue weighted by Crippen LogP contribution is -2.31. The largest absolute Gasteiger partial charge is 0.493 e. The van der Waals surface area contributed by atoms with Crippen LogP contribution in [0.15, 0.2) is 70.4 Å². The zero-order valence-corrected chi connectivity index (χ0v) is 22.6. The molecule has 0 saturated carbocycles. The summed E-state index contributed by atoms with van der Waals surface area (Å²) in [5, 5.41) is 3.84. The Morgan fingerprint density at radius 2 is 1.89 bits per heavy atom. The van der Waals surface area contributed by atoms with E-state index in [1.807, 2.05) is 36.4 Å². The number of rotatable bonds is 9. The summed E-state index contributed by atoms with van der Waals surface area (Å²) in [7, 11) is 3.29. The molecule has 1 N–H and O–H groups in total. The second-order valence-corrected chi connectivity index (χ2v) is 10.1. The van der Waals surface area contributed by atoms with Gasteiger partial charge in [0.1, 0.15) is 16.7 Å². The van der Waals surface area contributed by atoms with Crippen molar-refractivity contribution >= 4 is 35.1 Å². The molecule has 8 nitrogen and oxygen atoms in total. The third-order valence-corrected chi connectivity index (χ3v) is 7.38. The minimum Gasteiger partial charge on any atom is -0.493 e. The Labute approximate surface area is 230 Å². The van der Waals surface area contributed by atoms with E-state index in [0.717, 1.165) is 30.1 Å². The molecular weight excluding hydrogens is 524 g/mol. The Morgan fingerprint density at radius 3 is 2.66 bits per heavy atom. The Kier molecular flexibility index (Phi) is 8.05. The van der Waals surface area contributed by atoms with Gasteiger partial charge in [0, 0.05) is 30.5 Å². The monoisotopic (exact) mass is 550 g/mol. The van der Waals surface area contributed by atoms with E-state index < -0.39 is 0 Å². The second kappa shape index (κ2) is 11.8. The number of aromatic nitrogens is 2.